The van der Waals surface area contributed by atoms with Gasteiger partial charge in [-0.1, -0.05) is 18.2 Å². The molecule has 0 radical (unpaired) electrons. The molecule has 19 heavy (non-hydrogen) atoms. The van der Waals surface area contributed by atoms with Crippen LogP contribution in [-0.4, -0.2) is 22.3 Å². The summed E-state index contributed by atoms with van der Waals surface area (Å²) in [4.78, 5) is 18.6. The van der Waals surface area contributed by atoms with Gasteiger partial charge in [0, 0.05) is 18.4 Å². The second-order valence-electron chi connectivity index (χ2n) is 4.44. The Kier molecular flexibility index (Phi) is 2.91. The molecule has 4 heteroatoms. The predicted molar refractivity (Wildman–Crippen MR) is 73.8 cm³/mol. The minimum absolute atomic E-state index is 0.0486. The number of carbonyl (C=O) groups excluding carboxylic acids is 1. The number of pyridine rings is 1. The smallest absolute Gasteiger partial charge is 0.257 e. The molecule has 0 saturated heterocycles. The number of aromatic nitrogens is 1. The third kappa shape index (κ3) is 1.95. The highest BCUT2D eigenvalue weighted by Crippen LogP contribution is 2.31. The number of anilines is 1. The highest BCUT2D eigenvalue weighted by molar-refractivity contribution is 6.01. The van der Waals surface area contributed by atoms with Crippen LogP contribution in [0.15, 0.2) is 48.7 Å². The summed E-state index contributed by atoms with van der Waals surface area (Å²) in [7, 11) is 0. The average molecular weight is 253 g/mol. The molecule has 0 aliphatic carbocycles. The number of hydrogen-bond donors (Lipinski definition) is 1. The van der Waals surface area contributed by atoms with E-state index in [1.807, 2.05) is 49.4 Å². The van der Waals surface area contributed by atoms with Gasteiger partial charge in [0.15, 0.2) is 0 Å². The Bertz CT molecular complexity index is 597. The number of hydrogen-bond acceptors (Lipinski definition) is 3. The molecule has 0 saturated carbocycles. The van der Waals surface area contributed by atoms with Crippen molar-refractivity contribution in [3.05, 3.63) is 59.9 Å². The van der Waals surface area contributed by atoms with Gasteiger partial charge in [0.1, 0.15) is 6.17 Å². The second-order valence-corrected chi connectivity index (χ2v) is 4.44. The van der Waals surface area contributed by atoms with E-state index < -0.39 is 0 Å². The molecule has 1 N–H and O–H groups in total. The Morgan fingerprint density at radius 2 is 2.00 bits per heavy atom. The molecule has 96 valence electrons. The van der Waals surface area contributed by atoms with Crippen LogP contribution in [0, 0.1) is 0 Å². The van der Waals surface area contributed by atoms with Gasteiger partial charge < -0.3 is 10.2 Å². The van der Waals surface area contributed by atoms with Crippen LogP contribution in [0.25, 0.3) is 0 Å². The molecule has 1 atom stereocenters. The molecular formula is C15H15N3O. The number of nitrogens with one attached hydrogen (secondary N) is 1. The van der Waals surface area contributed by atoms with Gasteiger partial charge in [0.2, 0.25) is 0 Å². The van der Waals surface area contributed by atoms with Crippen molar-refractivity contribution >= 4 is 11.6 Å². The molecule has 2 heterocycles. The molecule has 1 amide bonds. The fourth-order valence-corrected chi connectivity index (χ4v) is 2.39. The summed E-state index contributed by atoms with van der Waals surface area (Å²) in [6.07, 6.45) is 1.55. The lowest BCUT2D eigenvalue weighted by molar-refractivity contribution is 0.0691. The van der Waals surface area contributed by atoms with Crippen molar-refractivity contribution in [2.24, 2.45) is 0 Å². The summed E-state index contributed by atoms with van der Waals surface area (Å²) in [5.74, 6) is 0.0486. The zero-order valence-corrected chi connectivity index (χ0v) is 10.7. The predicted octanol–water partition coefficient (Wildman–Crippen LogP) is 2.67. The van der Waals surface area contributed by atoms with E-state index in [1.165, 1.54) is 0 Å². The van der Waals surface area contributed by atoms with E-state index in [-0.39, 0.29) is 12.1 Å². The van der Waals surface area contributed by atoms with Crippen molar-refractivity contribution in [2.75, 3.05) is 11.9 Å². The molecule has 1 aromatic heterocycles. The van der Waals surface area contributed by atoms with E-state index in [1.54, 1.807) is 11.1 Å². The highest BCUT2D eigenvalue weighted by atomic mass is 16.2. The van der Waals surface area contributed by atoms with E-state index >= 15 is 0 Å². The van der Waals surface area contributed by atoms with E-state index in [0.717, 1.165) is 16.9 Å². The summed E-state index contributed by atoms with van der Waals surface area (Å²) in [6, 6.07) is 13.3. The van der Waals surface area contributed by atoms with Crippen molar-refractivity contribution in [3.8, 4) is 0 Å². The van der Waals surface area contributed by atoms with Crippen LogP contribution >= 0.6 is 0 Å². The monoisotopic (exact) mass is 253 g/mol. The van der Waals surface area contributed by atoms with Crippen molar-refractivity contribution < 1.29 is 4.79 Å². The average Bonchev–Trinajstić information content (AvgIpc) is 2.48. The molecule has 1 aromatic carbocycles. The number of rotatable bonds is 2. The van der Waals surface area contributed by atoms with Crippen molar-refractivity contribution in [1.82, 2.24) is 9.88 Å². The quantitative estimate of drug-likeness (QED) is 0.895. The Morgan fingerprint density at radius 1 is 1.21 bits per heavy atom. The Balaban J connectivity index is 2.05. The fraction of sp³-hybridized carbons (Fsp3) is 0.200. The Labute approximate surface area is 112 Å². The number of nitrogens with zero attached hydrogens (tertiary/aromatic N) is 2. The molecular weight excluding hydrogens is 238 g/mol. The van der Waals surface area contributed by atoms with Crippen LogP contribution in [0.2, 0.25) is 0 Å². The van der Waals surface area contributed by atoms with E-state index in [2.05, 4.69) is 10.3 Å². The summed E-state index contributed by atoms with van der Waals surface area (Å²) in [5, 5.41) is 3.39. The van der Waals surface area contributed by atoms with Gasteiger partial charge in [-0.3, -0.25) is 9.78 Å². The van der Waals surface area contributed by atoms with Crippen molar-refractivity contribution in [1.29, 1.82) is 0 Å². The molecule has 1 unspecified atom stereocenters. The number of para-hydroxylation sites is 1. The third-order valence-corrected chi connectivity index (χ3v) is 3.33. The zero-order valence-electron chi connectivity index (χ0n) is 10.7. The Hall–Kier alpha value is -2.36. The first-order valence-electron chi connectivity index (χ1n) is 6.38. The first-order valence-corrected chi connectivity index (χ1v) is 6.38. The van der Waals surface area contributed by atoms with Gasteiger partial charge in [-0.2, -0.15) is 0 Å². The van der Waals surface area contributed by atoms with E-state index in [9.17, 15) is 4.79 Å². The molecule has 1 aliphatic heterocycles. The van der Waals surface area contributed by atoms with Gasteiger partial charge in [-0.25, -0.2) is 0 Å². The lowest BCUT2D eigenvalue weighted by Gasteiger charge is -2.36. The minimum Gasteiger partial charge on any atom is -0.359 e. The van der Waals surface area contributed by atoms with Crippen LogP contribution < -0.4 is 5.32 Å². The molecule has 4 nitrogen and oxygen atoms in total. The standard InChI is InChI=1S/C15H15N3O/c1-2-18-14(13-9-5-6-10-16-13)17-12-8-4-3-7-11(12)15(18)19/h3-10,14,17H,2H2,1H3. The van der Waals surface area contributed by atoms with Gasteiger partial charge in [0.05, 0.1) is 11.3 Å². The number of fused-ring (bicyclic) bond motifs is 1. The topological polar surface area (TPSA) is 45.2 Å². The third-order valence-electron chi connectivity index (χ3n) is 3.33. The lowest BCUT2D eigenvalue weighted by Crippen LogP contribution is -2.43. The summed E-state index contributed by atoms with van der Waals surface area (Å²) < 4.78 is 0. The molecule has 0 spiro atoms. The van der Waals surface area contributed by atoms with Crippen molar-refractivity contribution in [2.45, 2.75) is 13.1 Å². The van der Waals surface area contributed by atoms with Gasteiger partial charge in [-0.05, 0) is 31.2 Å². The summed E-state index contributed by atoms with van der Waals surface area (Å²) in [5.41, 5.74) is 2.44. The molecule has 2 aromatic rings. The molecule has 0 bridgehead atoms. The van der Waals surface area contributed by atoms with Crippen LogP contribution in [-0.2, 0) is 0 Å². The zero-order chi connectivity index (χ0) is 13.2. The maximum Gasteiger partial charge on any atom is 0.257 e. The van der Waals surface area contributed by atoms with Gasteiger partial charge in [-0.15, -0.1) is 0 Å². The lowest BCUT2D eigenvalue weighted by atomic mass is 10.1. The van der Waals surface area contributed by atoms with Crippen molar-refractivity contribution in [3.63, 3.8) is 0 Å². The van der Waals surface area contributed by atoms with Crippen LogP contribution in [0.4, 0.5) is 5.69 Å². The first-order chi connectivity index (χ1) is 9.31. The largest absolute Gasteiger partial charge is 0.359 e. The van der Waals surface area contributed by atoms with Crippen LogP contribution in [0.5, 0.6) is 0 Å². The summed E-state index contributed by atoms with van der Waals surface area (Å²) in [6.45, 7) is 2.62. The normalized spacial score (nSPS) is 17.8. The van der Waals surface area contributed by atoms with E-state index in [4.69, 9.17) is 0 Å². The first kappa shape index (κ1) is 11.7. The number of benzene rings is 1. The minimum atomic E-state index is -0.200. The van der Waals surface area contributed by atoms with E-state index in [0.29, 0.717) is 6.54 Å². The fourth-order valence-electron chi connectivity index (χ4n) is 2.39. The van der Waals surface area contributed by atoms with Crippen LogP contribution in [0.3, 0.4) is 0 Å². The summed E-state index contributed by atoms with van der Waals surface area (Å²) >= 11 is 0. The number of amides is 1. The van der Waals surface area contributed by atoms with Crippen LogP contribution in [0.1, 0.15) is 29.1 Å². The number of carbonyl (C=O) groups is 1. The van der Waals surface area contributed by atoms with Gasteiger partial charge >= 0.3 is 0 Å². The maximum atomic E-state index is 12.5. The maximum absolute atomic E-state index is 12.5. The molecule has 1 aliphatic rings. The highest BCUT2D eigenvalue weighted by Gasteiger charge is 2.32. The van der Waals surface area contributed by atoms with Gasteiger partial charge in [0.25, 0.3) is 5.91 Å². The Morgan fingerprint density at radius 3 is 2.74 bits per heavy atom. The SMILES string of the molecule is CCN1C(=O)c2ccccc2NC1c1ccccn1. The second kappa shape index (κ2) is 4.72. The molecule has 0 fully saturated rings. The molecule has 3 rings (SSSR count).